The van der Waals surface area contributed by atoms with E-state index in [-0.39, 0.29) is 0 Å². The molecule has 2 aliphatic rings. The van der Waals surface area contributed by atoms with Gasteiger partial charge in [-0.25, -0.2) is 4.99 Å². The summed E-state index contributed by atoms with van der Waals surface area (Å²) in [6.45, 7) is 5.29. The molecule has 4 nitrogen and oxygen atoms in total. The van der Waals surface area contributed by atoms with Crippen LogP contribution in [0.2, 0.25) is 0 Å². The van der Waals surface area contributed by atoms with Crippen LogP contribution in [0.5, 0.6) is 0 Å². The molecule has 3 rings (SSSR count). The minimum absolute atomic E-state index is 0.317. The van der Waals surface area contributed by atoms with E-state index in [0.29, 0.717) is 18.9 Å². The van der Waals surface area contributed by atoms with Crippen molar-refractivity contribution in [2.75, 3.05) is 26.2 Å². The number of hydrogen-bond donors (Lipinski definition) is 0. The fourth-order valence-corrected chi connectivity index (χ4v) is 3.14. The molecule has 2 heterocycles. The first-order valence-corrected chi connectivity index (χ1v) is 9.01. The van der Waals surface area contributed by atoms with Crippen LogP contribution in [0.25, 0.3) is 6.08 Å². The summed E-state index contributed by atoms with van der Waals surface area (Å²) in [5, 5.41) is 0. The fraction of sp³-hybridized carbons (Fsp3) is 0.500. The van der Waals surface area contributed by atoms with Gasteiger partial charge in [-0.05, 0) is 37.0 Å². The van der Waals surface area contributed by atoms with E-state index in [1.165, 1.54) is 11.1 Å². The van der Waals surface area contributed by atoms with Crippen LogP contribution in [0, 0.1) is 0 Å². The molecule has 0 saturated carbocycles. The van der Waals surface area contributed by atoms with Crippen LogP contribution in [0.4, 0.5) is 0 Å². The van der Waals surface area contributed by atoms with E-state index in [1.807, 2.05) is 4.90 Å². The third-order valence-corrected chi connectivity index (χ3v) is 4.62. The summed E-state index contributed by atoms with van der Waals surface area (Å²) in [5.74, 6) is 1.07. The maximum absolute atomic E-state index is 12.1. The minimum Gasteiger partial charge on any atom is -0.476 e. The zero-order valence-corrected chi connectivity index (χ0v) is 14.5. The molecule has 1 aromatic rings. The number of carbonyl (C=O) groups is 1. The van der Waals surface area contributed by atoms with E-state index in [1.54, 1.807) is 0 Å². The average Bonchev–Trinajstić information content (AvgIpc) is 3.15. The second-order valence-corrected chi connectivity index (χ2v) is 6.44. The van der Waals surface area contributed by atoms with Crippen LogP contribution in [0.1, 0.15) is 50.2 Å². The number of ether oxygens (including phenoxy) is 1. The van der Waals surface area contributed by atoms with Crippen LogP contribution in [0.15, 0.2) is 34.8 Å². The lowest BCUT2D eigenvalue weighted by molar-refractivity contribution is -0.131. The Bertz CT molecular complexity index is 622. The van der Waals surface area contributed by atoms with Gasteiger partial charge in [-0.1, -0.05) is 37.1 Å². The fourth-order valence-electron chi connectivity index (χ4n) is 3.14. The highest BCUT2D eigenvalue weighted by Gasteiger charge is 2.18. The number of rotatable bonds is 5. The van der Waals surface area contributed by atoms with Gasteiger partial charge in [0, 0.05) is 25.1 Å². The van der Waals surface area contributed by atoms with E-state index < -0.39 is 0 Å². The highest BCUT2D eigenvalue weighted by Crippen LogP contribution is 2.21. The van der Waals surface area contributed by atoms with Crippen LogP contribution in [-0.2, 0) is 9.53 Å². The Morgan fingerprint density at radius 1 is 1.25 bits per heavy atom. The van der Waals surface area contributed by atoms with Crippen LogP contribution < -0.4 is 0 Å². The molecule has 1 amide bonds. The van der Waals surface area contributed by atoms with E-state index in [2.05, 4.69) is 42.3 Å². The number of piperidine rings is 1. The standard InChI is InChI=1S/C20H26N2O2/c1-2-3-4-19(23)22-12-9-17(10-13-22)15-16-5-7-18(8-6-16)20-21-11-14-24-20/h5-8,15H,2-4,9-14H2,1H3. The molecule has 0 N–H and O–H groups in total. The second-order valence-electron chi connectivity index (χ2n) is 6.44. The molecule has 4 heteroatoms. The lowest BCUT2D eigenvalue weighted by Crippen LogP contribution is -2.36. The highest BCUT2D eigenvalue weighted by atomic mass is 16.5. The lowest BCUT2D eigenvalue weighted by Gasteiger charge is -2.28. The van der Waals surface area contributed by atoms with Gasteiger partial charge < -0.3 is 9.64 Å². The van der Waals surface area contributed by atoms with Gasteiger partial charge in [0.15, 0.2) is 0 Å². The first kappa shape index (κ1) is 16.7. The van der Waals surface area contributed by atoms with Crippen molar-refractivity contribution in [3.8, 4) is 0 Å². The van der Waals surface area contributed by atoms with Gasteiger partial charge in [0.05, 0.1) is 6.54 Å². The van der Waals surface area contributed by atoms with Crippen molar-refractivity contribution >= 4 is 17.9 Å². The molecule has 0 unspecified atom stereocenters. The van der Waals surface area contributed by atoms with Crippen molar-refractivity contribution in [2.45, 2.75) is 39.0 Å². The van der Waals surface area contributed by atoms with Crippen molar-refractivity contribution in [3.63, 3.8) is 0 Å². The van der Waals surface area contributed by atoms with E-state index in [9.17, 15) is 4.79 Å². The van der Waals surface area contributed by atoms with Crippen LogP contribution in [-0.4, -0.2) is 42.9 Å². The van der Waals surface area contributed by atoms with Gasteiger partial charge in [-0.15, -0.1) is 0 Å². The van der Waals surface area contributed by atoms with Crippen molar-refractivity contribution in [1.29, 1.82) is 0 Å². The molecule has 1 saturated heterocycles. The van der Waals surface area contributed by atoms with Crippen molar-refractivity contribution in [3.05, 3.63) is 41.0 Å². The maximum Gasteiger partial charge on any atom is 0.222 e. The molecular formula is C20H26N2O2. The number of nitrogens with zero attached hydrogens (tertiary/aromatic N) is 2. The molecular weight excluding hydrogens is 300 g/mol. The molecule has 0 radical (unpaired) electrons. The molecule has 2 aliphatic heterocycles. The van der Waals surface area contributed by atoms with E-state index in [4.69, 9.17) is 4.74 Å². The maximum atomic E-state index is 12.1. The Hall–Kier alpha value is -2.10. The Kier molecular flexibility index (Phi) is 5.68. The van der Waals surface area contributed by atoms with Crippen LogP contribution in [0.3, 0.4) is 0 Å². The summed E-state index contributed by atoms with van der Waals surface area (Å²) in [6.07, 6.45) is 7.00. The third-order valence-electron chi connectivity index (χ3n) is 4.62. The largest absolute Gasteiger partial charge is 0.476 e. The number of likely N-dealkylation sites (tertiary alicyclic amines) is 1. The Labute approximate surface area is 144 Å². The summed E-state index contributed by atoms with van der Waals surface area (Å²) in [6, 6.07) is 8.37. The normalized spacial score (nSPS) is 17.5. The summed E-state index contributed by atoms with van der Waals surface area (Å²) >= 11 is 0. The SMILES string of the molecule is CCCCC(=O)N1CCC(=Cc2ccc(C3=NCCO3)cc2)CC1. The molecule has 0 aliphatic carbocycles. The number of carbonyl (C=O) groups excluding carboxylic acids is 1. The zero-order valence-electron chi connectivity index (χ0n) is 14.5. The number of unbranched alkanes of at least 4 members (excludes halogenated alkanes) is 1. The Morgan fingerprint density at radius 2 is 2.00 bits per heavy atom. The topological polar surface area (TPSA) is 41.9 Å². The average molecular weight is 326 g/mol. The molecule has 0 spiro atoms. The van der Waals surface area contributed by atoms with Crippen LogP contribution >= 0.6 is 0 Å². The highest BCUT2D eigenvalue weighted by molar-refractivity contribution is 5.95. The van der Waals surface area contributed by atoms with E-state index in [0.717, 1.165) is 56.8 Å². The molecule has 128 valence electrons. The summed E-state index contributed by atoms with van der Waals surface area (Å²) in [4.78, 5) is 18.4. The predicted octanol–water partition coefficient (Wildman–Crippen LogP) is 3.66. The Morgan fingerprint density at radius 3 is 2.62 bits per heavy atom. The van der Waals surface area contributed by atoms with Crippen molar-refractivity contribution in [2.24, 2.45) is 4.99 Å². The first-order valence-electron chi connectivity index (χ1n) is 9.01. The predicted molar refractivity (Wildman–Crippen MR) is 97.1 cm³/mol. The number of benzene rings is 1. The summed E-state index contributed by atoms with van der Waals surface area (Å²) in [7, 11) is 0. The van der Waals surface area contributed by atoms with Gasteiger partial charge in [0.25, 0.3) is 0 Å². The quantitative estimate of drug-likeness (QED) is 0.828. The summed E-state index contributed by atoms with van der Waals surface area (Å²) < 4.78 is 5.49. The molecule has 1 aromatic carbocycles. The zero-order chi connectivity index (χ0) is 16.8. The second kappa shape index (κ2) is 8.13. The van der Waals surface area contributed by atoms with Gasteiger partial charge in [0.2, 0.25) is 11.8 Å². The van der Waals surface area contributed by atoms with Gasteiger partial charge in [-0.3, -0.25) is 4.79 Å². The monoisotopic (exact) mass is 326 g/mol. The molecule has 0 bridgehead atoms. The lowest BCUT2D eigenvalue weighted by atomic mass is 10.00. The van der Waals surface area contributed by atoms with Crippen molar-refractivity contribution < 1.29 is 9.53 Å². The van der Waals surface area contributed by atoms with Gasteiger partial charge in [0.1, 0.15) is 6.61 Å². The number of aliphatic imine (C=N–C) groups is 1. The Balaban J connectivity index is 1.55. The minimum atomic E-state index is 0.317. The molecule has 24 heavy (non-hydrogen) atoms. The first-order chi connectivity index (χ1) is 11.8. The smallest absolute Gasteiger partial charge is 0.222 e. The number of hydrogen-bond acceptors (Lipinski definition) is 3. The molecule has 0 atom stereocenters. The third kappa shape index (κ3) is 4.25. The summed E-state index contributed by atoms with van der Waals surface area (Å²) in [5.41, 5.74) is 3.68. The molecule has 1 fully saturated rings. The van der Waals surface area contributed by atoms with Crippen molar-refractivity contribution in [1.82, 2.24) is 4.90 Å². The number of amides is 1. The van der Waals surface area contributed by atoms with Gasteiger partial charge in [-0.2, -0.15) is 0 Å². The van der Waals surface area contributed by atoms with Gasteiger partial charge >= 0.3 is 0 Å². The molecule has 0 aromatic heterocycles. The van der Waals surface area contributed by atoms with E-state index >= 15 is 0 Å².